The van der Waals surface area contributed by atoms with Gasteiger partial charge in [0.25, 0.3) is 17.6 Å². The summed E-state index contributed by atoms with van der Waals surface area (Å²) >= 11 is 1.75. The van der Waals surface area contributed by atoms with Crippen molar-refractivity contribution in [1.82, 2.24) is 24.4 Å². The van der Waals surface area contributed by atoms with E-state index in [9.17, 15) is 18.8 Å². The van der Waals surface area contributed by atoms with Gasteiger partial charge in [-0.15, -0.1) is 0 Å². The van der Waals surface area contributed by atoms with E-state index in [0.29, 0.717) is 46.5 Å². The van der Waals surface area contributed by atoms with Gasteiger partial charge < -0.3 is 29.4 Å². The zero-order valence-electron chi connectivity index (χ0n) is 27.6. The number of anilines is 1. The van der Waals surface area contributed by atoms with Gasteiger partial charge in [-0.2, -0.15) is 11.8 Å². The summed E-state index contributed by atoms with van der Waals surface area (Å²) in [7, 11) is 0. The molecule has 0 saturated carbocycles. The van der Waals surface area contributed by atoms with Crippen LogP contribution in [-0.4, -0.2) is 93.8 Å². The predicted octanol–water partition coefficient (Wildman–Crippen LogP) is 3.24. The molecule has 4 aromatic rings. The second kappa shape index (κ2) is 16.5. The topological polar surface area (TPSA) is 163 Å². The molecule has 13 nitrogen and oxygen atoms in total. The van der Waals surface area contributed by atoms with Crippen LogP contribution in [0, 0.1) is 17.7 Å². The largest absolute Gasteiger partial charge is 0.493 e. The predicted molar refractivity (Wildman–Crippen MR) is 189 cm³/mol. The molecule has 15 heteroatoms. The molecule has 50 heavy (non-hydrogen) atoms. The number of ether oxygens (including phenoxy) is 2. The molecule has 2 aromatic carbocycles. The Hall–Kier alpha value is -4.47. The number of thioether (sulfide) groups is 1. The van der Waals surface area contributed by atoms with Gasteiger partial charge in [0.15, 0.2) is 0 Å². The van der Waals surface area contributed by atoms with E-state index in [2.05, 4.69) is 24.8 Å². The van der Waals surface area contributed by atoms with Gasteiger partial charge in [-0.1, -0.05) is 6.07 Å². The Morgan fingerprint density at radius 2 is 1.74 bits per heavy atom. The number of likely N-dealkylation sites (tertiary alicyclic amines) is 1. The number of carbonyl (C=O) groups is 1. The highest BCUT2D eigenvalue weighted by Gasteiger charge is 2.30. The molecule has 7 rings (SSSR count). The zero-order chi connectivity index (χ0) is 35.0. The minimum atomic E-state index is -0.615. The fourth-order valence-corrected chi connectivity index (χ4v) is 7.77. The molecule has 0 radical (unpaired) electrons. The summed E-state index contributed by atoms with van der Waals surface area (Å²) in [6.07, 6.45) is 5.48. The first-order valence-corrected chi connectivity index (χ1v) is 17.9. The van der Waals surface area contributed by atoms with E-state index in [1.54, 1.807) is 17.8 Å². The molecule has 3 N–H and O–H groups in total. The van der Waals surface area contributed by atoms with Gasteiger partial charge in [0, 0.05) is 74.1 Å². The first kappa shape index (κ1) is 35.4. The Kier molecular flexibility index (Phi) is 11.7. The quantitative estimate of drug-likeness (QED) is 0.207. The number of benzene rings is 2. The molecular weight excluding hydrogens is 667 g/mol. The van der Waals surface area contributed by atoms with Crippen molar-refractivity contribution in [3.8, 4) is 11.4 Å². The van der Waals surface area contributed by atoms with E-state index in [-0.39, 0.29) is 11.9 Å². The Balaban J connectivity index is 0.00000139. The van der Waals surface area contributed by atoms with Gasteiger partial charge in [-0.25, -0.2) is 14.2 Å². The average Bonchev–Trinajstić information content (AvgIpc) is 3.09. The normalized spacial score (nSPS) is 17.6. The molecule has 0 unspecified atom stereocenters. The van der Waals surface area contributed by atoms with E-state index in [4.69, 9.17) is 19.4 Å². The molecule has 0 amide bonds. The lowest BCUT2D eigenvalue weighted by Gasteiger charge is -2.44. The van der Waals surface area contributed by atoms with E-state index in [0.717, 1.165) is 83.0 Å². The van der Waals surface area contributed by atoms with Crippen LogP contribution in [0.5, 0.6) is 5.75 Å². The molecule has 3 aliphatic heterocycles. The summed E-state index contributed by atoms with van der Waals surface area (Å²) < 4.78 is 27.9. The third kappa shape index (κ3) is 8.81. The summed E-state index contributed by atoms with van der Waals surface area (Å²) in [5.41, 5.74) is 0.784. The van der Waals surface area contributed by atoms with Crippen molar-refractivity contribution in [2.45, 2.75) is 36.7 Å². The maximum absolute atomic E-state index is 15.0. The zero-order valence-corrected chi connectivity index (χ0v) is 28.4. The van der Waals surface area contributed by atoms with Crippen molar-refractivity contribution in [1.29, 1.82) is 0 Å². The summed E-state index contributed by atoms with van der Waals surface area (Å²) in [5.74, 6) is 1.85. The number of hydrogen-bond donors (Lipinski definition) is 3. The number of H-pyrrole nitrogens is 2. The number of hydrogen-bond acceptors (Lipinski definition) is 10. The smallest absolute Gasteiger partial charge is 0.332 e. The van der Waals surface area contributed by atoms with Crippen LogP contribution in [0.25, 0.3) is 16.6 Å². The lowest BCUT2D eigenvalue weighted by Crippen LogP contribution is -2.52. The van der Waals surface area contributed by atoms with E-state index >= 15 is 0 Å². The van der Waals surface area contributed by atoms with Crippen molar-refractivity contribution in [2.24, 2.45) is 11.8 Å². The second-order valence-corrected chi connectivity index (χ2v) is 14.2. The standard InChI is InChI=1S/C34H39FN6O5S.CH2O2/c35-28-15-26(16-29-32(28)33(43)37-30(36-29)21-47-27-7-12-45-13-8-27)46-20-22-4-9-39(10-5-22)17-23-18-40(19-23)24-2-1-3-25(14-24)41-11-6-31(42)38-34(41)44;2-1-3/h1-3,6,11,14-16,22-23,27H,4-5,7-10,12-13,17-21H2,(H,36,37,43)(H,38,42,44);1H,(H,2,3). The lowest BCUT2D eigenvalue weighted by molar-refractivity contribution is -0.122. The minimum Gasteiger partial charge on any atom is -0.493 e. The maximum atomic E-state index is 15.0. The van der Waals surface area contributed by atoms with Crippen molar-refractivity contribution in [2.75, 3.05) is 57.4 Å². The van der Waals surface area contributed by atoms with Crippen LogP contribution in [0.4, 0.5) is 10.1 Å². The Morgan fingerprint density at radius 3 is 2.48 bits per heavy atom. The highest BCUT2D eigenvalue weighted by Crippen LogP contribution is 2.29. The fraction of sp³-hybridized carbons (Fsp3) is 0.457. The average molecular weight is 709 g/mol. The van der Waals surface area contributed by atoms with Gasteiger partial charge in [0.1, 0.15) is 22.8 Å². The van der Waals surface area contributed by atoms with E-state index in [1.807, 2.05) is 24.3 Å². The number of halogens is 1. The van der Waals surface area contributed by atoms with Gasteiger partial charge in [0.05, 0.1) is 23.6 Å². The third-order valence-corrected chi connectivity index (χ3v) is 10.8. The first-order chi connectivity index (χ1) is 24.3. The molecule has 3 fully saturated rings. The van der Waals surface area contributed by atoms with Gasteiger partial charge >= 0.3 is 5.69 Å². The monoisotopic (exact) mass is 708 g/mol. The third-order valence-electron chi connectivity index (χ3n) is 9.37. The Labute approximate surface area is 291 Å². The van der Waals surface area contributed by atoms with Crippen molar-refractivity contribution < 1.29 is 23.8 Å². The van der Waals surface area contributed by atoms with E-state index in [1.165, 1.54) is 22.9 Å². The van der Waals surface area contributed by atoms with Crippen LogP contribution < -0.4 is 26.4 Å². The molecule has 0 aliphatic carbocycles. The fourth-order valence-electron chi connectivity index (χ4n) is 6.71. The van der Waals surface area contributed by atoms with Gasteiger partial charge in [0.2, 0.25) is 0 Å². The molecule has 5 heterocycles. The van der Waals surface area contributed by atoms with Gasteiger partial charge in [-0.3, -0.25) is 23.9 Å². The number of piperidine rings is 1. The number of carboxylic acid groups (broad SMARTS) is 1. The van der Waals surface area contributed by atoms with Crippen LogP contribution in [-0.2, 0) is 15.3 Å². The molecule has 0 bridgehead atoms. The summed E-state index contributed by atoms with van der Waals surface area (Å²) in [4.78, 5) is 59.1. The number of rotatable bonds is 10. The number of nitrogens with one attached hydrogen (secondary N) is 2. The maximum Gasteiger partial charge on any atom is 0.332 e. The van der Waals surface area contributed by atoms with Crippen LogP contribution in [0.2, 0.25) is 0 Å². The lowest BCUT2D eigenvalue weighted by atomic mass is 9.94. The molecule has 3 saturated heterocycles. The minimum absolute atomic E-state index is 0.0306. The van der Waals surface area contributed by atoms with Crippen molar-refractivity contribution in [3.05, 3.63) is 91.5 Å². The van der Waals surface area contributed by atoms with Gasteiger partial charge in [-0.05, 0) is 62.9 Å². The van der Waals surface area contributed by atoms with Crippen molar-refractivity contribution in [3.63, 3.8) is 0 Å². The number of aromatic amines is 2. The molecule has 2 aromatic heterocycles. The number of aromatic nitrogens is 4. The van der Waals surface area contributed by atoms with E-state index < -0.39 is 22.6 Å². The molecule has 0 atom stereocenters. The Morgan fingerprint density at radius 1 is 1.00 bits per heavy atom. The highest BCUT2D eigenvalue weighted by molar-refractivity contribution is 7.99. The summed E-state index contributed by atoms with van der Waals surface area (Å²) in [6.45, 7) is 6.69. The summed E-state index contributed by atoms with van der Waals surface area (Å²) in [6, 6.07) is 12.1. The van der Waals surface area contributed by atoms with Crippen LogP contribution in [0.1, 0.15) is 31.5 Å². The SMILES string of the molecule is O=CO.O=c1ccn(-c2cccc(N3CC(CN4CCC(COc5cc(F)c6c(=O)[nH]c(CSC7CCOCC7)nc6c5)CC4)C3)c2)c(=O)[nH]1. The number of fused-ring (bicyclic) bond motifs is 1. The second-order valence-electron chi connectivity index (χ2n) is 12.9. The highest BCUT2D eigenvalue weighted by atomic mass is 32.2. The first-order valence-electron chi connectivity index (χ1n) is 16.8. The van der Waals surface area contributed by atoms with Crippen LogP contribution >= 0.6 is 11.8 Å². The van der Waals surface area contributed by atoms with Crippen LogP contribution in [0.3, 0.4) is 0 Å². The number of nitrogens with zero attached hydrogens (tertiary/aromatic N) is 4. The Bertz CT molecular complexity index is 1950. The molecule has 3 aliphatic rings. The summed E-state index contributed by atoms with van der Waals surface area (Å²) in [5, 5.41) is 7.33. The van der Waals surface area contributed by atoms with Crippen LogP contribution in [0.15, 0.2) is 63.0 Å². The molecule has 266 valence electrons. The molecule has 0 spiro atoms. The van der Waals surface area contributed by atoms with Crippen molar-refractivity contribution >= 4 is 34.8 Å². The molecular formula is C35H41FN6O7S.